The lowest BCUT2D eigenvalue weighted by Crippen LogP contribution is -2.27. The van der Waals surface area contributed by atoms with Gasteiger partial charge in [-0.05, 0) is 84.5 Å². The molecule has 44 heavy (non-hydrogen) atoms. The molecule has 0 radical (unpaired) electrons. The van der Waals surface area contributed by atoms with Crippen molar-refractivity contribution in [2.75, 3.05) is 18.2 Å². The maximum atomic E-state index is 13.3. The Bertz CT molecular complexity index is 1850. The first-order valence-electron chi connectivity index (χ1n) is 13.3. The maximum absolute atomic E-state index is 13.3. The predicted molar refractivity (Wildman–Crippen MR) is 170 cm³/mol. The average molecular weight is 666 g/mol. The van der Waals surface area contributed by atoms with Gasteiger partial charge in [0.15, 0.2) is 9.84 Å². The van der Waals surface area contributed by atoms with Crippen LogP contribution in [-0.2, 0) is 20.0 Å². The molecule has 4 aromatic rings. The number of anilines is 1. The van der Waals surface area contributed by atoms with Crippen molar-refractivity contribution in [3.05, 3.63) is 99.9 Å². The summed E-state index contributed by atoms with van der Waals surface area (Å²) >= 11 is 7.70. The van der Waals surface area contributed by atoms with Crippen molar-refractivity contribution in [3.8, 4) is 11.5 Å². The molecule has 1 aromatic heterocycles. The number of hydrogen-bond donors (Lipinski definition) is 1. The molecule has 1 heterocycles. The van der Waals surface area contributed by atoms with Crippen molar-refractivity contribution in [2.45, 2.75) is 44.2 Å². The van der Waals surface area contributed by atoms with E-state index in [0.717, 1.165) is 16.2 Å². The Hall–Kier alpha value is -3.54. The van der Waals surface area contributed by atoms with Gasteiger partial charge in [-0.2, -0.15) is 0 Å². The highest BCUT2D eigenvalue weighted by atomic mass is 35.5. The van der Waals surface area contributed by atoms with E-state index in [1.165, 1.54) is 29.7 Å². The highest BCUT2D eigenvalue weighted by molar-refractivity contribution is 7.91. The molecule has 0 saturated heterocycles. The monoisotopic (exact) mass is 665 g/mol. The highest BCUT2D eigenvalue weighted by Gasteiger charge is 2.34. The van der Waals surface area contributed by atoms with E-state index in [2.05, 4.69) is 16.6 Å². The number of fused-ring (bicyclic) bond motifs is 1. The fourth-order valence-electron chi connectivity index (χ4n) is 4.49. The third kappa shape index (κ3) is 7.39. The minimum absolute atomic E-state index is 0.0805. The second kappa shape index (κ2) is 12.1. The van der Waals surface area contributed by atoms with Gasteiger partial charge < -0.3 is 14.8 Å². The van der Waals surface area contributed by atoms with Crippen LogP contribution < -0.4 is 14.8 Å². The Labute approximate surface area is 263 Å². The third-order valence-corrected chi connectivity index (χ3v) is 10.9. The van der Waals surface area contributed by atoms with Crippen LogP contribution in [0.15, 0.2) is 73.3 Å². The topological polar surface area (TPSA) is 81.7 Å². The molecular formula is C32H31ClF3NO5S2. The number of carbonyl (C=O) groups excluding carboxylic acids is 1. The molecule has 0 spiro atoms. The maximum Gasteiger partial charge on any atom is 0.573 e. The second-order valence-electron chi connectivity index (χ2n) is 11.3. The van der Waals surface area contributed by atoms with Gasteiger partial charge in [-0.3, -0.25) is 4.79 Å². The van der Waals surface area contributed by atoms with E-state index in [1.54, 1.807) is 76.2 Å². The number of amides is 1. The van der Waals surface area contributed by atoms with Crippen LogP contribution in [0.5, 0.6) is 11.5 Å². The van der Waals surface area contributed by atoms with Gasteiger partial charge in [-0.1, -0.05) is 44.2 Å². The number of halogens is 4. The van der Waals surface area contributed by atoms with Crippen LogP contribution in [0.25, 0.3) is 10.1 Å². The number of nitrogens with one attached hydrogen (secondary N) is 1. The molecule has 1 amide bonds. The number of benzene rings is 3. The predicted octanol–water partition coefficient (Wildman–Crippen LogP) is 8.88. The summed E-state index contributed by atoms with van der Waals surface area (Å²) < 4.78 is 73.3. The molecule has 4 rings (SSSR count). The zero-order valence-corrected chi connectivity index (χ0v) is 27.0. The van der Waals surface area contributed by atoms with Gasteiger partial charge in [0.05, 0.1) is 9.62 Å². The number of carbonyl (C=O) groups is 1. The summed E-state index contributed by atoms with van der Waals surface area (Å²) in [6.45, 7) is 10.5. The van der Waals surface area contributed by atoms with Gasteiger partial charge in [0.1, 0.15) is 18.1 Å². The molecule has 6 nitrogen and oxygen atoms in total. The van der Waals surface area contributed by atoms with E-state index in [9.17, 15) is 26.4 Å². The summed E-state index contributed by atoms with van der Waals surface area (Å²) in [5, 5.41) is 3.90. The lowest BCUT2D eigenvalue weighted by atomic mass is 9.78. The molecule has 0 unspecified atom stereocenters. The van der Waals surface area contributed by atoms with Gasteiger partial charge in [0.25, 0.3) is 5.91 Å². The summed E-state index contributed by atoms with van der Waals surface area (Å²) in [7, 11) is -3.39. The molecule has 0 bridgehead atoms. The molecule has 0 aliphatic rings. The van der Waals surface area contributed by atoms with Crippen LogP contribution in [0.4, 0.5) is 18.9 Å². The lowest BCUT2D eigenvalue weighted by Gasteiger charge is -2.28. The normalized spacial score (nSPS) is 12.7. The van der Waals surface area contributed by atoms with Crippen molar-refractivity contribution < 1.29 is 35.9 Å². The molecule has 12 heteroatoms. The van der Waals surface area contributed by atoms with Crippen LogP contribution in [-0.4, -0.2) is 33.5 Å². The molecule has 0 aliphatic heterocycles. The van der Waals surface area contributed by atoms with Gasteiger partial charge in [0.2, 0.25) is 0 Å². The van der Waals surface area contributed by atoms with E-state index in [0.29, 0.717) is 32.3 Å². The molecule has 0 saturated carbocycles. The number of alkyl halides is 3. The van der Waals surface area contributed by atoms with Gasteiger partial charge in [-0.25, -0.2) is 8.42 Å². The number of sulfone groups is 1. The van der Waals surface area contributed by atoms with Gasteiger partial charge >= 0.3 is 6.36 Å². The third-order valence-electron chi connectivity index (χ3n) is 7.44. The van der Waals surface area contributed by atoms with E-state index in [-0.39, 0.29) is 12.4 Å². The second-order valence-corrected chi connectivity index (χ2v) is 15.4. The molecular weight excluding hydrogens is 635 g/mol. The molecule has 0 aliphatic carbocycles. The summed E-state index contributed by atoms with van der Waals surface area (Å²) in [5.41, 5.74) is 1.16. The fourth-order valence-corrected chi connectivity index (χ4v) is 6.22. The number of ether oxygens (including phenoxy) is 2. The molecule has 3 aromatic carbocycles. The Balaban J connectivity index is 1.66. The first-order valence-corrected chi connectivity index (χ1v) is 16.4. The molecule has 0 atom stereocenters. The van der Waals surface area contributed by atoms with Gasteiger partial charge in [0, 0.05) is 33.1 Å². The zero-order chi connectivity index (χ0) is 32.7. The van der Waals surface area contributed by atoms with Crippen molar-refractivity contribution in [3.63, 3.8) is 0 Å². The van der Waals surface area contributed by atoms with E-state index >= 15 is 0 Å². The van der Waals surface area contributed by atoms with Crippen molar-refractivity contribution >= 4 is 54.5 Å². The highest BCUT2D eigenvalue weighted by Crippen LogP contribution is 2.40. The first kappa shape index (κ1) is 33.4. The fraction of sp³-hybridized carbons (Fsp3) is 0.281. The minimum Gasteiger partial charge on any atom is -0.489 e. The summed E-state index contributed by atoms with van der Waals surface area (Å²) in [6.07, 6.45) is -2.24. The molecule has 234 valence electrons. The van der Waals surface area contributed by atoms with E-state index < -0.39 is 38.0 Å². The van der Waals surface area contributed by atoms with Crippen LogP contribution in [0.3, 0.4) is 0 Å². The summed E-state index contributed by atoms with van der Waals surface area (Å²) in [5.74, 6) is -0.675. The Morgan fingerprint density at radius 2 is 1.61 bits per heavy atom. The first-order chi connectivity index (χ1) is 20.3. The SMILES string of the molecule is C=CCOc1cc(OC(F)(F)F)cc(C(C)(C)c2cc(Cl)cc(NC(=O)c3cc4cc(C(C)(C)S(C)(=O)=O)ccc4s3)c2)c1. The van der Waals surface area contributed by atoms with Crippen molar-refractivity contribution in [1.29, 1.82) is 0 Å². The molecule has 0 fully saturated rings. The summed E-state index contributed by atoms with van der Waals surface area (Å²) in [4.78, 5) is 13.7. The minimum atomic E-state index is -4.90. The Morgan fingerprint density at radius 1 is 0.955 bits per heavy atom. The van der Waals surface area contributed by atoms with Crippen molar-refractivity contribution in [1.82, 2.24) is 0 Å². The smallest absolute Gasteiger partial charge is 0.489 e. The van der Waals surface area contributed by atoms with Crippen molar-refractivity contribution in [2.24, 2.45) is 0 Å². The lowest BCUT2D eigenvalue weighted by molar-refractivity contribution is -0.274. The quantitative estimate of drug-likeness (QED) is 0.171. The molecule has 1 N–H and O–H groups in total. The van der Waals surface area contributed by atoms with Crippen LogP contribution in [0.2, 0.25) is 5.02 Å². The van der Waals surface area contributed by atoms with Gasteiger partial charge in [-0.15, -0.1) is 24.5 Å². The average Bonchev–Trinajstić information content (AvgIpc) is 3.34. The summed E-state index contributed by atoms with van der Waals surface area (Å²) in [6, 6.07) is 16.0. The number of rotatable bonds is 10. The Morgan fingerprint density at radius 3 is 2.25 bits per heavy atom. The largest absolute Gasteiger partial charge is 0.573 e. The van der Waals surface area contributed by atoms with E-state index in [1.807, 2.05) is 0 Å². The van der Waals surface area contributed by atoms with E-state index in [4.69, 9.17) is 16.3 Å². The van der Waals surface area contributed by atoms with Crippen LogP contribution in [0, 0.1) is 0 Å². The number of hydrogen-bond acceptors (Lipinski definition) is 6. The standard InChI is InChI=1S/C32H31ClF3NO5S2/c1-7-10-41-25-15-22(16-26(18-25)42-32(34,35)36)30(2,3)21-13-23(33)17-24(14-21)37-29(38)28-12-19-11-20(8-9-27(19)43-28)31(4,5)44(6,39)40/h7-9,11-18H,1,10H2,2-6H3,(H,37,38). The van der Waals surface area contributed by atoms with Crippen LogP contribution in [0.1, 0.15) is 54.1 Å². The number of thiophene rings is 1. The van der Waals surface area contributed by atoms with Crippen LogP contribution >= 0.6 is 22.9 Å². The Kier molecular flexibility index (Phi) is 9.17. The zero-order valence-electron chi connectivity index (χ0n) is 24.6.